The first kappa shape index (κ1) is 33.2. The van der Waals surface area contributed by atoms with Crippen LogP contribution in [-0.4, -0.2) is 67.4 Å². The summed E-state index contributed by atoms with van der Waals surface area (Å²) in [5.41, 5.74) is 2.96. The SMILES string of the molecule is CCCOCC1C(COC(C)=O)Cc2cc(OC)c(OCCC)c(OC)c2C1c1cc(OC)c(OCCC)c(OC)c1. The van der Waals surface area contributed by atoms with E-state index in [0.717, 1.165) is 36.0 Å². The molecule has 42 heavy (non-hydrogen) atoms. The first-order chi connectivity index (χ1) is 20.4. The highest BCUT2D eigenvalue weighted by Gasteiger charge is 2.42. The molecule has 0 saturated heterocycles. The zero-order valence-corrected chi connectivity index (χ0v) is 26.5. The molecule has 3 rings (SSSR count). The van der Waals surface area contributed by atoms with Gasteiger partial charge in [-0.05, 0) is 60.9 Å². The first-order valence-electron chi connectivity index (χ1n) is 14.9. The second kappa shape index (κ2) is 16.3. The second-order valence-electron chi connectivity index (χ2n) is 10.4. The van der Waals surface area contributed by atoms with Gasteiger partial charge in [-0.15, -0.1) is 0 Å². The van der Waals surface area contributed by atoms with Gasteiger partial charge in [0.05, 0.1) is 54.9 Å². The lowest BCUT2D eigenvalue weighted by molar-refractivity contribution is -0.143. The standard InChI is InChI=1S/C33H48O9/c1-9-12-39-20-25-24(19-42-21(4)34)15-22-16-28(37-7)32(41-14-11-3)33(38-8)30(22)29(25)23-17-26(35-5)31(40-13-10-2)27(18-23)36-6/h16-18,24-25,29H,9-15,19-20H2,1-8H3. The fourth-order valence-electron chi connectivity index (χ4n) is 5.65. The summed E-state index contributed by atoms with van der Waals surface area (Å²) >= 11 is 0. The molecule has 2 aromatic carbocycles. The van der Waals surface area contributed by atoms with Gasteiger partial charge in [0, 0.05) is 30.9 Å². The molecule has 1 aliphatic carbocycles. The van der Waals surface area contributed by atoms with Crippen LogP contribution in [0, 0.1) is 11.8 Å². The third-order valence-electron chi connectivity index (χ3n) is 7.48. The van der Waals surface area contributed by atoms with E-state index in [1.165, 1.54) is 6.92 Å². The molecule has 9 nitrogen and oxygen atoms in total. The summed E-state index contributed by atoms with van der Waals surface area (Å²) < 4.78 is 47.7. The summed E-state index contributed by atoms with van der Waals surface area (Å²) in [6.07, 6.45) is 3.21. The number of hydrogen-bond acceptors (Lipinski definition) is 9. The number of hydrogen-bond donors (Lipinski definition) is 0. The number of methoxy groups -OCH3 is 4. The Morgan fingerprint density at radius 1 is 0.738 bits per heavy atom. The maximum Gasteiger partial charge on any atom is 0.302 e. The lowest BCUT2D eigenvalue weighted by atomic mass is 9.66. The third kappa shape index (κ3) is 7.54. The Labute approximate surface area is 250 Å². The molecule has 0 radical (unpaired) electrons. The van der Waals surface area contributed by atoms with E-state index in [0.29, 0.717) is 67.3 Å². The van der Waals surface area contributed by atoms with Crippen LogP contribution in [0.4, 0.5) is 0 Å². The van der Waals surface area contributed by atoms with E-state index in [1.807, 2.05) is 18.2 Å². The molecule has 3 atom stereocenters. The van der Waals surface area contributed by atoms with Crippen molar-refractivity contribution < 1.29 is 42.7 Å². The zero-order valence-electron chi connectivity index (χ0n) is 26.5. The molecule has 234 valence electrons. The van der Waals surface area contributed by atoms with Gasteiger partial charge in [-0.1, -0.05) is 20.8 Å². The Bertz CT molecular complexity index is 1140. The molecule has 0 fully saturated rings. The Morgan fingerprint density at radius 3 is 1.83 bits per heavy atom. The number of carbonyl (C=O) groups is 1. The average molecular weight is 589 g/mol. The number of esters is 1. The average Bonchev–Trinajstić information content (AvgIpc) is 3.00. The highest BCUT2D eigenvalue weighted by Crippen LogP contribution is 2.55. The smallest absolute Gasteiger partial charge is 0.302 e. The largest absolute Gasteiger partial charge is 0.493 e. The maximum atomic E-state index is 11.9. The molecular formula is C33H48O9. The topological polar surface area (TPSA) is 90.9 Å². The Hall–Kier alpha value is -3.33. The van der Waals surface area contributed by atoms with E-state index in [9.17, 15) is 4.79 Å². The van der Waals surface area contributed by atoms with Crippen molar-refractivity contribution in [2.45, 2.75) is 59.3 Å². The molecule has 0 aliphatic heterocycles. The predicted molar refractivity (Wildman–Crippen MR) is 161 cm³/mol. The monoisotopic (exact) mass is 588 g/mol. The van der Waals surface area contributed by atoms with Crippen LogP contribution >= 0.6 is 0 Å². The molecule has 9 heteroatoms. The van der Waals surface area contributed by atoms with E-state index in [2.05, 4.69) is 20.8 Å². The van der Waals surface area contributed by atoms with Gasteiger partial charge in [0.1, 0.15) is 0 Å². The van der Waals surface area contributed by atoms with Crippen molar-refractivity contribution in [2.75, 3.05) is 61.5 Å². The maximum absolute atomic E-state index is 11.9. The fourth-order valence-corrected chi connectivity index (χ4v) is 5.65. The zero-order chi connectivity index (χ0) is 30.6. The predicted octanol–water partition coefficient (Wildman–Crippen LogP) is 6.21. The van der Waals surface area contributed by atoms with Gasteiger partial charge in [0.2, 0.25) is 11.5 Å². The van der Waals surface area contributed by atoms with Crippen molar-refractivity contribution in [1.82, 2.24) is 0 Å². The van der Waals surface area contributed by atoms with Gasteiger partial charge >= 0.3 is 5.97 Å². The summed E-state index contributed by atoms with van der Waals surface area (Å²) in [6, 6.07) is 6.02. The number of fused-ring (bicyclic) bond motifs is 1. The van der Waals surface area contributed by atoms with E-state index < -0.39 is 0 Å². The van der Waals surface area contributed by atoms with Gasteiger partial charge in [0.25, 0.3) is 0 Å². The minimum atomic E-state index is -0.315. The Balaban J connectivity index is 2.34. The normalized spacial score (nSPS) is 17.7. The van der Waals surface area contributed by atoms with Crippen molar-refractivity contribution in [1.29, 1.82) is 0 Å². The molecule has 0 heterocycles. The fraction of sp³-hybridized carbons (Fsp3) is 0.606. The molecule has 0 saturated carbocycles. The molecule has 3 unspecified atom stereocenters. The summed E-state index contributed by atoms with van der Waals surface area (Å²) in [4.78, 5) is 11.9. The third-order valence-corrected chi connectivity index (χ3v) is 7.48. The van der Waals surface area contributed by atoms with Crippen LogP contribution in [0.3, 0.4) is 0 Å². The van der Waals surface area contributed by atoms with Crippen LogP contribution in [0.25, 0.3) is 0 Å². The quantitative estimate of drug-likeness (QED) is 0.158. The molecule has 0 bridgehead atoms. The van der Waals surface area contributed by atoms with E-state index in [1.54, 1.807) is 28.4 Å². The Morgan fingerprint density at radius 2 is 1.31 bits per heavy atom. The minimum absolute atomic E-state index is 0.0342. The van der Waals surface area contributed by atoms with E-state index in [4.69, 9.17) is 37.9 Å². The molecule has 1 aliphatic rings. The van der Waals surface area contributed by atoms with Crippen LogP contribution in [0.15, 0.2) is 18.2 Å². The van der Waals surface area contributed by atoms with Crippen molar-refractivity contribution >= 4 is 5.97 Å². The molecule has 0 aromatic heterocycles. The van der Waals surface area contributed by atoms with Crippen LogP contribution < -0.4 is 28.4 Å². The van der Waals surface area contributed by atoms with Gasteiger partial charge in [-0.25, -0.2) is 0 Å². The first-order valence-corrected chi connectivity index (χ1v) is 14.9. The van der Waals surface area contributed by atoms with Crippen LogP contribution in [0.1, 0.15) is 69.6 Å². The molecule has 0 amide bonds. The number of ether oxygens (including phenoxy) is 8. The van der Waals surface area contributed by atoms with Crippen molar-refractivity contribution in [3.05, 3.63) is 34.9 Å². The number of carbonyl (C=O) groups excluding carboxylic acids is 1. The molecular weight excluding hydrogens is 540 g/mol. The van der Waals surface area contributed by atoms with E-state index in [-0.39, 0.29) is 30.3 Å². The minimum Gasteiger partial charge on any atom is -0.493 e. The lowest BCUT2D eigenvalue weighted by Crippen LogP contribution is -2.37. The molecule has 0 spiro atoms. The summed E-state index contributed by atoms with van der Waals surface area (Å²) in [7, 11) is 6.53. The van der Waals surface area contributed by atoms with Crippen LogP contribution in [0.5, 0.6) is 34.5 Å². The van der Waals surface area contributed by atoms with Crippen LogP contribution in [0.2, 0.25) is 0 Å². The Kier molecular flexibility index (Phi) is 12.9. The van der Waals surface area contributed by atoms with Crippen molar-refractivity contribution in [3.63, 3.8) is 0 Å². The van der Waals surface area contributed by atoms with Gasteiger partial charge in [-0.3, -0.25) is 4.79 Å². The van der Waals surface area contributed by atoms with Gasteiger partial charge in [0.15, 0.2) is 23.0 Å². The van der Waals surface area contributed by atoms with Crippen molar-refractivity contribution in [3.8, 4) is 34.5 Å². The molecule has 0 N–H and O–H groups in total. The van der Waals surface area contributed by atoms with Gasteiger partial charge < -0.3 is 37.9 Å². The van der Waals surface area contributed by atoms with E-state index >= 15 is 0 Å². The molecule has 2 aromatic rings. The van der Waals surface area contributed by atoms with Gasteiger partial charge in [-0.2, -0.15) is 0 Å². The summed E-state index contributed by atoms with van der Waals surface area (Å²) in [5, 5.41) is 0. The second-order valence-corrected chi connectivity index (χ2v) is 10.4. The summed E-state index contributed by atoms with van der Waals surface area (Å²) in [6.45, 7) is 10.0. The lowest BCUT2D eigenvalue weighted by Gasteiger charge is -2.41. The highest BCUT2D eigenvalue weighted by atomic mass is 16.5. The summed E-state index contributed by atoms with van der Waals surface area (Å²) in [5.74, 6) is 2.85. The number of benzene rings is 2. The highest BCUT2D eigenvalue weighted by molar-refractivity contribution is 5.66. The number of rotatable bonds is 17. The van der Waals surface area contributed by atoms with Crippen LogP contribution in [-0.2, 0) is 20.7 Å². The van der Waals surface area contributed by atoms with Crippen molar-refractivity contribution in [2.24, 2.45) is 11.8 Å².